The highest BCUT2D eigenvalue weighted by Crippen LogP contribution is 2.37. The molecule has 0 amide bonds. The number of rotatable bonds is 5. The predicted octanol–water partition coefficient (Wildman–Crippen LogP) is 4.87. The molecule has 4 nitrogen and oxygen atoms in total. The molecule has 162 valence electrons. The molecule has 1 atom stereocenters. The van der Waals surface area contributed by atoms with Gasteiger partial charge in [0.1, 0.15) is 11.4 Å². The first-order valence-corrected chi connectivity index (χ1v) is 10.8. The summed E-state index contributed by atoms with van der Waals surface area (Å²) in [4.78, 5) is 2.36. The number of nitrogens with one attached hydrogen (secondary N) is 1. The predicted molar refractivity (Wildman–Crippen MR) is 115 cm³/mol. The van der Waals surface area contributed by atoms with Gasteiger partial charge in [-0.15, -0.1) is 0 Å². The van der Waals surface area contributed by atoms with Crippen molar-refractivity contribution >= 4 is 16.5 Å². The zero-order valence-electron chi connectivity index (χ0n) is 17.4. The summed E-state index contributed by atoms with van der Waals surface area (Å²) < 4.78 is 31.5. The summed E-state index contributed by atoms with van der Waals surface area (Å²) in [7, 11) is 1.65. The largest absolute Gasteiger partial charge is 0.497 e. The van der Waals surface area contributed by atoms with E-state index >= 15 is 0 Å². The van der Waals surface area contributed by atoms with Gasteiger partial charge in [0, 0.05) is 24.2 Å². The van der Waals surface area contributed by atoms with Gasteiger partial charge in [-0.1, -0.05) is 18.2 Å². The van der Waals surface area contributed by atoms with E-state index in [0.29, 0.717) is 18.6 Å². The van der Waals surface area contributed by atoms with Crippen LogP contribution in [0.25, 0.3) is 10.8 Å². The fourth-order valence-electron chi connectivity index (χ4n) is 5.01. The fraction of sp³-hybridized carbons (Fsp3) is 0.542. The van der Waals surface area contributed by atoms with Crippen LogP contribution in [0.5, 0.6) is 5.75 Å². The minimum atomic E-state index is -2.67. The van der Waals surface area contributed by atoms with E-state index in [1.54, 1.807) is 7.11 Å². The summed E-state index contributed by atoms with van der Waals surface area (Å²) in [6.45, 7) is 1.73. The number of methoxy groups -OCH3 is 1. The van der Waals surface area contributed by atoms with Gasteiger partial charge in [0.2, 0.25) is 0 Å². The van der Waals surface area contributed by atoms with Gasteiger partial charge in [-0.25, -0.2) is 8.78 Å². The van der Waals surface area contributed by atoms with Crippen molar-refractivity contribution in [1.29, 1.82) is 5.41 Å². The number of fused-ring (bicyclic) bond motifs is 1. The Kier molecular flexibility index (Phi) is 6.07. The Hall–Kier alpha value is -2.05. The molecule has 1 saturated carbocycles. The highest BCUT2D eigenvalue weighted by atomic mass is 19.3. The number of hydrogen-bond donors (Lipinski definition) is 2. The van der Waals surface area contributed by atoms with Crippen LogP contribution in [0.15, 0.2) is 36.4 Å². The normalized spacial score (nSPS) is 28.0. The molecular formula is C24H30F2N2O2. The molecule has 2 N–H and O–H groups in total. The van der Waals surface area contributed by atoms with Crippen molar-refractivity contribution in [3.8, 4) is 5.75 Å². The molecule has 0 aromatic heterocycles. The smallest absolute Gasteiger partial charge is 0.266 e. The van der Waals surface area contributed by atoms with Crippen LogP contribution >= 0.6 is 0 Å². The molecule has 0 bridgehead atoms. The molecule has 2 aromatic rings. The molecule has 1 saturated heterocycles. The van der Waals surface area contributed by atoms with Crippen LogP contribution in [0.3, 0.4) is 0 Å². The van der Waals surface area contributed by atoms with E-state index in [9.17, 15) is 13.9 Å². The second-order valence-corrected chi connectivity index (χ2v) is 8.81. The van der Waals surface area contributed by atoms with Gasteiger partial charge in [0.25, 0.3) is 6.43 Å². The summed E-state index contributed by atoms with van der Waals surface area (Å²) in [5.74, 6) is 0.963. The maximum atomic E-state index is 13.1. The fourth-order valence-corrected chi connectivity index (χ4v) is 5.01. The summed E-state index contributed by atoms with van der Waals surface area (Å²) in [6, 6.07) is 12.3. The Morgan fingerprint density at radius 2 is 1.83 bits per heavy atom. The number of aliphatic hydroxyl groups is 1. The molecule has 1 aliphatic heterocycles. The zero-order chi connectivity index (χ0) is 21.3. The van der Waals surface area contributed by atoms with Crippen molar-refractivity contribution in [3.05, 3.63) is 42.0 Å². The van der Waals surface area contributed by atoms with Crippen molar-refractivity contribution in [3.63, 3.8) is 0 Å². The SMILES string of the molecule is COc1ccc2cc(C(=N)C3CCCN(C4CCC(O)(C(F)F)CC4)C3)ccc2c1. The zero-order valence-corrected chi connectivity index (χ0v) is 17.4. The lowest BCUT2D eigenvalue weighted by atomic mass is 9.80. The molecule has 1 aliphatic carbocycles. The minimum Gasteiger partial charge on any atom is -0.497 e. The monoisotopic (exact) mass is 416 g/mol. The molecule has 4 rings (SSSR count). The van der Waals surface area contributed by atoms with Gasteiger partial charge in [-0.2, -0.15) is 0 Å². The Balaban J connectivity index is 1.43. The Labute approximate surface area is 176 Å². The van der Waals surface area contributed by atoms with Crippen molar-refractivity contribution in [2.24, 2.45) is 5.92 Å². The maximum Gasteiger partial charge on any atom is 0.266 e. The van der Waals surface area contributed by atoms with E-state index < -0.39 is 12.0 Å². The Morgan fingerprint density at radius 3 is 2.53 bits per heavy atom. The second kappa shape index (κ2) is 8.60. The minimum absolute atomic E-state index is 0.144. The lowest BCUT2D eigenvalue weighted by Gasteiger charge is -2.43. The van der Waals surface area contributed by atoms with Crippen LogP contribution in [0, 0.1) is 11.3 Å². The van der Waals surface area contributed by atoms with Crippen molar-refractivity contribution in [2.45, 2.75) is 56.6 Å². The highest BCUT2D eigenvalue weighted by molar-refractivity contribution is 6.03. The quantitative estimate of drug-likeness (QED) is 0.684. The summed E-state index contributed by atoms with van der Waals surface area (Å²) in [6.07, 6.45) is 0.812. The maximum absolute atomic E-state index is 13.1. The molecule has 0 radical (unpaired) electrons. The van der Waals surface area contributed by atoms with E-state index in [1.807, 2.05) is 30.3 Å². The first-order chi connectivity index (χ1) is 14.4. The van der Waals surface area contributed by atoms with Crippen LogP contribution < -0.4 is 4.74 Å². The highest BCUT2D eigenvalue weighted by Gasteiger charge is 2.42. The molecule has 2 aromatic carbocycles. The Bertz CT molecular complexity index is 909. The summed E-state index contributed by atoms with van der Waals surface area (Å²) >= 11 is 0. The first-order valence-electron chi connectivity index (χ1n) is 10.8. The topological polar surface area (TPSA) is 56.5 Å². The van der Waals surface area contributed by atoms with Gasteiger partial charge < -0.3 is 15.3 Å². The van der Waals surface area contributed by atoms with Crippen LogP contribution in [-0.2, 0) is 0 Å². The van der Waals surface area contributed by atoms with Gasteiger partial charge in [0.15, 0.2) is 0 Å². The van der Waals surface area contributed by atoms with Gasteiger partial charge in [0.05, 0.1) is 7.11 Å². The number of piperidine rings is 1. The second-order valence-electron chi connectivity index (χ2n) is 8.81. The number of alkyl halides is 2. The van der Waals surface area contributed by atoms with E-state index in [-0.39, 0.29) is 24.8 Å². The molecule has 2 aliphatic rings. The number of likely N-dealkylation sites (tertiary alicyclic amines) is 1. The van der Waals surface area contributed by atoms with E-state index in [4.69, 9.17) is 10.1 Å². The standard InChI is InChI=1S/C24H30F2N2O2/c1-30-21-7-6-16-13-18(5-4-17(16)14-21)22(27)19-3-2-12-28(15-19)20-8-10-24(29,11-9-20)23(25)26/h4-7,13-14,19-20,23,27,29H,2-3,8-12,15H2,1H3. The molecule has 1 unspecified atom stereocenters. The number of benzene rings is 2. The van der Waals surface area contributed by atoms with Gasteiger partial charge >= 0.3 is 0 Å². The third kappa shape index (κ3) is 4.21. The molecule has 2 fully saturated rings. The third-order valence-corrected chi connectivity index (χ3v) is 6.96. The molecule has 1 heterocycles. The van der Waals surface area contributed by atoms with E-state index in [2.05, 4.69) is 11.0 Å². The van der Waals surface area contributed by atoms with E-state index in [0.717, 1.165) is 48.0 Å². The van der Waals surface area contributed by atoms with Crippen LogP contribution in [0.1, 0.15) is 44.1 Å². The van der Waals surface area contributed by atoms with Crippen LogP contribution in [-0.4, -0.2) is 54.0 Å². The van der Waals surface area contributed by atoms with Gasteiger partial charge in [-0.05, 0) is 79.6 Å². The molecule has 0 spiro atoms. The third-order valence-electron chi connectivity index (χ3n) is 6.96. The summed E-state index contributed by atoms with van der Waals surface area (Å²) in [5, 5.41) is 21.0. The van der Waals surface area contributed by atoms with Crippen molar-refractivity contribution in [2.75, 3.05) is 20.2 Å². The van der Waals surface area contributed by atoms with E-state index in [1.165, 1.54) is 0 Å². The number of hydrogen-bond acceptors (Lipinski definition) is 4. The Morgan fingerprint density at radius 1 is 1.13 bits per heavy atom. The average molecular weight is 417 g/mol. The molecular weight excluding hydrogens is 386 g/mol. The molecule has 30 heavy (non-hydrogen) atoms. The lowest BCUT2D eigenvalue weighted by molar-refractivity contribution is -0.126. The lowest BCUT2D eigenvalue weighted by Crippen LogP contribution is -2.50. The van der Waals surface area contributed by atoms with Crippen LogP contribution in [0.2, 0.25) is 0 Å². The number of nitrogens with zero attached hydrogens (tertiary/aromatic N) is 1. The molecule has 6 heteroatoms. The number of halogens is 2. The summed E-state index contributed by atoms with van der Waals surface area (Å²) in [5.41, 5.74) is -0.223. The average Bonchev–Trinajstić information content (AvgIpc) is 2.78. The van der Waals surface area contributed by atoms with Crippen molar-refractivity contribution in [1.82, 2.24) is 4.90 Å². The van der Waals surface area contributed by atoms with Crippen molar-refractivity contribution < 1.29 is 18.6 Å². The van der Waals surface area contributed by atoms with Gasteiger partial charge in [-0.3, -0.25) is 4.90 Å². The first kappa shape index (κ1) is 21.2. The van der Waals surface area contributed by atoms with Crippen LogP contribution in [0.4, 0.5) is 8.78 Å². The number of ether oxygens (including phenoxy) is 1.